The van der Waals surface area contributed by atoms with Crippen LogP contribution in [0.4, 0.5) is 5.69 Å². The molecule has 1 aromatic heterocycles. The van der Waals surface area contributed by atoms with Crippen molar-refractivity contribution in [2.24, 2.45) is 5.84 Å². The van der Waals surface area contributed by atoms with Crippen molar-refractivity contribution in [2.45, 2.75) is 31.7 Å². The van der Waals surface area contributed by atoms with Gasteiger partial charge in [-0.1, -0.05) is 18.2 Å². The van der Waals surface area contributed by atoms with E-state index in [0.717, 1.165) is 30.2 Å². The van der Waals surface area contributed by atoms with Gasteiger partial charge in [0.2, 0.25) is 0 Å². The van der Waals surface area contributed by atoms with Gasteiger partial charge in [0.25, 0.3) is 5.91 Å². The van der Waals surface area contributed by atoms with E-state index in [2.05, 4.69) is 22.7 Å². The molecule has 5 nitrogen and oxygen atoms in total. The van der Waals surface area contributed by atoms with Crippen LogP contribution in [-0.4, -0.2) is 16.4 Å². The summed E-state index contributed by atoms with van der Waals surface area (Å²) < 4.78 is 0. The summed E-state index contributed by atoms with van der Waals surface area (Å²) in [4.78, 5) is 16.7. The normalized spacial score (nSPS) is 16.5. The zero-order valence-corrected chi connectivity index (χ0v) is 11.4. The lowest BCUT2D eigenvalue weighted by molar-refractivity contribution is 0.0845. The largest absolute Gasteiger partial charge is 0.346 e. The molecule has 0 unspecified atom stereocenters. The van der Waals surface area contributed by atoms with Crippen LogP contribution in [0.2, 0.25) is 0 Å². The Balaban J connectivity index is 1.96. The molecule has 3 rings (SSSR count). The molecule has 1 aliphatic carbocycles. The second-order valence-electron chi connectivity index (χ2n) is 5.58. The summed E-state index contributed by atoms with van der Waals surface area (Å²) in [5, 5.41) is 3.96. The van der Waals surface area contributed by atoms with Crippen LogP contribution in [0.3, 0.4) is 0 Å². The van der Waals surface area contributed by atoms with E-state index in [1.165, 1.54) is 0 Å². The molecule has 4 N–H and O–H groups in total. The van der Waals surface area contributed by atoms with E-state index in [4.69, 9.17) is 5.84 Å². The van der Waals surface area contributed by atoms with E-state index < -0.39 is 0 Å². The van der Waals surface area contributed by atoms with Crippen LogP contribution >= 0.6 is 0 Å². The third-order valence-corrected chi connectivity index (χ3v) is 3.98. The van der Waals surface area contributed by atoms with Crippen LogP contribution in [0.1, 0.15) is 36.7 Å². The molecule has 0 aliphatic heterocycles. The highest BCUT2D eigenvalue weighted by Gasteiger charge is 2.33. The number of nitrogens with one attached hydrogen (secondary N) is 2. The average molecular weight is 270 g/mol. The molecule has 1 amide bonds. The van der Waals surface area contributed by atoms with Crippen LogP contribution < -0.4 is 16.6 Å². The Hall–Kier alpha value is -2.14. The number of rotatable bonds is 3. The Kier molecular flexibility index (Phi) is 3.06. The number of carbonyl (C=O) groups is 1. The maximum atomic E-state index is 12.3. The zero-order chi connectivity index (χ0) is 14.2. The van der Waals surface area contributed by atoms with Crippen LogP contribution in [-0.2, 0) is 0 Å². The van der Waals surface area contributed by atoms with Gasteiger partial charge in [-0.2, -0.15) is 0 Å². The SMILES string of the molecule is CC1(NC(=O)c2cc(NN)c3ccccc3n2)CCC1. The van der Waals surface area contributed by atoms with Crippen molar-refractivity contribution < 1.29 is 4.79 Å². The number of nitrogen functional groups attached to an aromatic ring is 1. The highest BCUT2D eigenvalue weighted by molar-refractivity contribution is 5.99. The Labute approximate surface area is 117 Å². The number of hydrogen-bond donors (Lipinski definition) is 3. The predicted molar refractivity (Wildman–Crippen MR) is 79.3 cm³/mol. The number of amides is 1. The van der Waals surface area contributed by atoms with Crippen LogP contribution in [0, 0.1) is 0 Å². The average Bonchev–Trinajstić information content (AvgIpc) is 2.44. The molecule has 1 fully saturated rings. The van der Waals surface area contributed by atoms with E-state index >= 15 is 0 Å². The number of hydrazine groups is 1. The second-order valence-corrected chi connectivity index (χ2v) is 5.58. The number of aromatic nitrogens is 1. The first kappa shape index (κ1) is 12.9. The maximum absolute atomic E-state index is 12.3. The Morgan fingerprint density at radius 3 is 2.75 bits per heavy atom. The third kappa shape index (κ3) is 2.20. The molecule has 2 aromatic rings. The third-order valence-electron chi connectivity index (χ3n) is 3.98. The number of benzene rings is 1. The summed E-state index contributed by atoms with van der Waals surface area (Å²) in [5.41, 5.74) is 4.41. The number of hydrogen-bond acceptors (Lipinski definition) is 4. The molecule has 0 saturated heterocycles. The molecule has 1 aliphatic rings. The molecule has 104 valence electrons. The number of fused-ring (bicyclic) bond motifs is 1. The van der Waals surface area contributed by atoms with Crippen molar-refractivity contribution >= 4 is 22.5 Å². The van der Waals surface area contributed by atoms with Crippen LogP contribution in [0.5, 0.6) is 0 Å². The van der Waals surface area contributed by atoms with Crippen molar-refractivity contribution in [3.8, 4) is 0 Å². The first-order valence-electron chi connectivity index (χ1n) is 6.80. The van der Waals surface area contributed by atoms with E-state index in [0.29, 0.717) is 11.4 Å². The molecule has 0 spiro atoms. The molecular formula is C15H18N4O. The fourth-order valence-electron chi connectivity index (χ4n) is 2.58. The number of carbonyl (C=O) groups excluding carboxylic acids is 1. The predicted octanol–water partition coefficient (Wildman–Crippen LogP) is 2.19. The number of para-hydroxylation sites is 1. The van der Waals surface area contributed by atoms with E-state index in [-0.39, 0.29) is 11.4 Å². The number of nitrogens with two attached hydrogens (primary N) is 1. The van der Waals surface area contributed by atoms with E-state index in [1.54, 1.807) is 6.07 Å². The topological polar surface area (TPSA) is 80.0 Å². The Morgan fingerprint density at radius 1 is 1.35 bits per heavy atom. The minimum atomic E-state index is -0.144. The van der Waals surface area contributed by atoms with Crippen molar-refractivity contribution in [2.75, 3.05) is 5.43 Å². The van der Waals surface area contributed by atoms with E-state index in [1.807, 2.05) is 24.3 Å². The molecule has 0 atom stereocenters. The van der Waals surface area contributed by atoms with Crippen molar-refractivity contribution in [3.05, 3.63) is 36.0 Å². The fraction of sp³-hybridized carbons (Fsp3) is 0.333. The molecule has 5 heteroatoms. The first-order valence-corrected chi connectivity index (χ1v) is 6.80. The van der Waals surface area contributed by atoms with Gasteiger partial charge in [0, 0.05) is 10.9 Å². The molecule has 0 bridgehead atoms. The standard InChI is InChI=1S/C15H18N4O/c1-15(7-4-8-15)18-14(20)13-9-12(19-16)10-5-2-3-6-11(10)17-13/h2-3,5-6,9H,4,7-8,16H2,1H3,(H,17,19)(H,18,20). The monoisotopic (exact) mass is 270 g/mol. The van der Waals surface area contributed by atoms with Gasteiger partial charge in [0.05, 0.1) is 11.2 Å². The highest BCUT2D eigenvalue weighted by atomic mass is 16.2. The molecule has 0 radical (unpaired) electrons. The van der Waals surface area contributed by atoms with Gasteiger partial charge in [0.15, 0.2) is 0 Å². The minimum Gasteiger partial charge on any atom is -0.346 e. The van der Waals surface area contributed by atoms with Gasteiger partial charge in [-0.3, -0.25) is 10.6 Å². The van der Waals surface area contributed by atoms with Crippen molar-refractivity contribution in [3.63, 3.8) is 0 Å². The summed E-state index contributed by atoms with van der Waals surface area (Å²) in [7, 11) is 0. The first-order chi connectivity index (χ1) is 9.61. The summed E-state index contributed by atoms with van der Waals surface area (Å²) in [5.74, 6) is 5.40. The van der Waals surface area contributed by atoms with Gasteiger partial charge < -0.3 is 10.7 Å². The summed E-state index contributed by atoms with van der Waals surface area (Å²) in [6.45, 7) is 2.07. The summed E-state index contributed by atoms with van der Waals surface area (Å²) in [6.07, 6.45) is 3.21. The Bertz CT molecular complexity index is 664. The zero-order valence-electron chi connectivity index (χ0n) is 11.4. The van der Waals surface area contributed by atoms with Crippen molar-refractivity contribution in [1.29, 1.82) is 0 Å². The summed E-state index contributed by atoms with van der Waals surface area (Å²) >= 11 is 0. The molecule has 1 aromatic carbocycles. The lowest BCUT2D eigenvalue weighted by Crippen LogP contribution is -2.51. The minimum absolute atomic E-state index is 0.0826. The van der Waals surface area contributed by atoms with E-state index in [9.17, 15) is 4.79 Å². The lowest BCUT2D eigenvalue weighted by atomic mass is 9.78. The van der Waals surface area contributed by atoms with Gasteiger partial charge in [-0.15, -0.1) is 0 Å². The van der Waals surface area contributed by atoms with Crippen molar-refractivity contribution in [1.82, 2.24) is 10.3 Å². The fourth-order valence-corrected chi connectivity index (χ4v) is 2.58. The lowest BCUT2D eigenvalue weighted by Gasteiger charge is -2.39. The Morgan fingerprint density at radius 2 is 2.10 bits per heavy atom. The smallest absolute Gasteiger partial charge is 0.270 e. The van der Waals surface area contributed by atoms with Gasteiger partial charge >= 0.3 is 0 Å². The molecule has 1 heterocycles. The molecule has 1 saturated carbocycles. The number of pyridine rings is 1. The number of anilines is 1. The second kappa shape index (κ2) is 4.76. The number of nitrogens with zero attached hydrogens (tertiary/aromatic N) is 1. The van der Waals surface area contributed by atoms with Crippen LogP contribution in [0.25, 0.3) is 10.9 Å². The maximum Gasteiger partial charge on any atom is 0.270 e. The molecular weight excluding hydrogens is 252 g/mol. The quantitative estimate of drug-likeness (QED) is 0.590. The molecule has 20 heavy (non-hydrogen) atoms. The van der Waals surface area contributed by atoms with Crippen LogP contribution in [0.15, 0.2) is 30.3 Å². The summed E-state index contributed by atoms with van der Waals surface area (Å²) in [6, 6.07) is 9.30. The highest BCUT2D eigenvalue weighted by Crippen LogP contribution is 2.31. The van der Waals surface area contributed by atoms with Gasteiger partial charge in [-0.05, 0) is 38.3 Å². The van der Waals surface area contributed by atoms with Gasteiger partial charge in [0.1, 0.15) is 5.69 Å². The van der Waals surface area contributed by atoms with Gasteiger partial charge in [-0.25, -0.2) is 4.98 Å².